The van der Waals surface area contributed by atoms with Gasteiger partial charge in [0.2, 0.25) is 11.8 Å². The fourth-order valence-corrected chi connectivity index (χ4v) is 2.44. The number of nitrogens with two attached hydrogens (primary N) is 1. The zero-order valence-electron chi connectivity index (χ0n) is 12.0. The molecular formula is C15H21N3O2. The number of amides is 2. The van der Waals surface area contributed by atoms with Crippen molar-refractivity contribution in [1.82, 2.24) is 5.32 Å². The van der Waals surface area contributed by atoms with Crippen LogP contribution in [0.3, 0.4) is 0 Å². The Bertz CT molecular complexity index is 534. The number of hydrogen-bond acceptors (Lipinski definition) is 3. The van der Waals surface area contributed by atoms with Crippen LogP contribution in [0.15, 0.2) is 18.2 Å². The molecule has 0 spiro atoms. The molecule has 1 heterocycles. The Hall–Kier alpha value is -1.88. The van der Waals surface area contributed by atoms with Crippen LogP contribution >= 0.6 is 0 Å². The van der Waals surface area contributed by atoms with E-state index in [-0.39, 0.29) is 11.3 Å². The summed E-state index contributed by atoms with van der Waals surface area (Å²) in [7, 11) is 0. The van der Waals surface area contributed by atoms with Crippen molar-refractivity contribution in [2.75, 3.05) is 18.4 Å². The predicted octanol–water partition coefficient (Wildman–Crippen LogP) is 1.42. The van der Waals surface area contributed by atoms with Gasteiger partial charge in [0.15, 0.2) is 0 Å². The summed E-state index contributed by atoms with van der Waals surface area (Å²) < 4.78 is 0. The van der Waals surface area contributed by atoms with E-state index in [9.17, 15) is 9.59 Å². The Morgan fingerprint density at radius 3 is 2.50 bits per heavy atom. The summed E-state index contributed by atoms with van der Waals surface area (Å²) in [6, 6.07) is 5.07. The summed E-state index contributed by atoms with van der Waals surface area (Å²) in [4.78, 5) is 23.5. The number of anilines is 1. The summed E-state index contributed by atoms with van der Waals surface area (Å²) in [6.07, 6.45) is 1.66. The summed E-state index contributed by atoms with van der Waals surface area (Å²) in [5, 5.41) is 6.23. The van der Waals surface area contributed by atoms with Crippen LogP contribution in [-0.4, -0.2) is 24.9 Å². The zero-order chi connectivity index (χ0) is 14.8. The maximum absolute atomic E-state index is 12.4. The second-order valence-electron chi connectivity index (χ2n) is 5.66. The molecule has 0 aliphatic carbocycles. The number of carbonyl (C=O) groups excluding carboxylic acids is 2. The highest BCUT2D eigenvalue weighted by Crippen LogP contribution is 2.30. The van der Waals surface area contributed by atoms with Gasteiger partial charge in [0, 0.05) is 16.7 Å². The third kappa shape index (κ3) is 2.99. The average molecular weight is 275 g/mol. The van der Waals surface area contributed by atoms with E-state index in [1.165, 1.54) is 0 Å². The molecule has 5 nitrogen and oxygen atoms in total. The zero-order valence-corrected chi connectivity index (χ0v) is 12.0. The van der Waals surface area contributed by atoms with Crippen LogP contribution in [0.25, 0.3) is 0 Å². The lowest BCUT2D eigenvalue weighted by Crippen LogP contribution is -2.42. The summed E-state index contributed by atoms with van der Waals surface area (Å²) in [6.45, 7) is 5.58. The molecule has 0 aromatic heterocycles. The van der Waals surface area contributed by atoms with Gasteiger partial charge in [-0.1, -0.05) is 6.92 Å². The second kappa shape index (κ2) is 5.63. The minimum atomic E-state index is -0.462. The molecule has 0 atom stereocenters. The molecule has 1 aromatic carbocycles. The van der Waals surface area contributed by atoms with Crippen LogP contribution < -0.4 is 16.4 Å². The van der Waals surface area contributed by atoms with E-state index in [1.807, 2.05) is 13.8 Å². The van der Waals surface area contributed by atoms with E-state index in [2.05, 4.69) is 10.6 Å². The molecule has 0 unspecified atom stereocenters. The van der Waals surface area contributed by atoms with E-state index in [0.29, 0.717) is 5.56 Å². The van der Waals surface area contributed by atoms with Crippen molar-refractivity contribution >= 4 is 17.5 Å². The number of hydrogen-bond donors (Lipinski definition) is 3. The van der Waals surface area contributed by atoms with E-state index in [1.54, 1.807) is 18.2 Å². The number of aryl methyl sites for hydroxylation is 1. The van der Waals surface area contributed by atoms with Crippen molar-refractivity contribution in [1.29, 1.82) is 0 Å². The van der Waals surface area contributed by atoms with Gasteiger partial charge in [0.25, 0.3) is 0 Å². The number of carbonyl (C=O) groups is 2. The molecule has 108 valence electrons. The Morgan fingerprint density at radius 1 is 1.30 bits per heavy atom. The first-order chi connectivity index (χ1) is 9.42. The van der Waals surface area contributed by atoms with Crippen LogP contribution in [0.4, 0.5) is 5.69 Å². The molecule has 0 bridgehead atoms. The Morgan fingerprint density at radius 2 is 1.95 bits per heavy atom. The average Bonchev–Trinajstić information content (AvgIpc) is 2.41. The number of nitrogens with one attached hydrogen (secondary N) is 2. The Labute approximate surface area is 118 Å². The summed E-state index contributed by atoms with van der Waals surface area (Å²) >= 11 is 0. The SMILES string of the molecule is Cc1cc(C(N)=O)ccc1NC(=O)C1(C)CCNCC1. The van der Waals surface area contributed by atoms with Crippen LogP contribution in [0.1, 0.15) is 35.7 Å². The molecule has 4 N–H and O–H groups in total. The smallest absolute Gasteiger partial charge is 0.248 e. The highest BCUT2D eigenvalue weighted by molar-refractivity contribution is 5.97. The van der Waals surface area contributed by atoms with Gasteiger partial charge < -0.3 is 16.4 Å². The van der Waals surface area contributed by atoms with Crippen LogP contribution in [0.5, 0.6) is 0 Å². The lowest BCUT2D eigenvalue weighted by atomic mass is 9.80. The normalized spacial score (nSPS) is 17.5. The molecule has 1 aliphatic rings. The molecule has 1 fully saturated rings. The third-order valence-corrected chi connectivity index (χ3v) is 4.01. The summed E-state index contributed by atoms with van der Waals surface area (Å²) in [5.74, 6) is -0.426. The minimum Gasteiger partial charge on any atom is -0.366 e. The van der Waals surface area contributed by atoms with E-state index in [0.717, 1.165) is 37.2 Å². The second-order valence-corrected chi connectivity index (χ2v) is 5.66. The topological polar surface area (TPSA) is 84.2 Å². The molecule has 0 radical (unpaired) electrons. The number of primary amides is 1. The molecule has 2 rings (SSSR count). The maximum atomic E-state index is 12.4. The van der Waals surface area contributed by atoms with Gasteiger partial charge in [-0.15, -0.1) is 0 Å². The molecular weight excluding hydrogens is 254 g/mol. The maximum Gasteiger partial charge on any atom is 0.248 e. The van der Waals surface area contributed by atoms with Gasteiger partial charge in [-0.25, -0.2) is 0 Å². The number of benzene rings is 1. The van der Waals surface area contributed by atoms with Crippen LogP contribution in [-0.2, 0) is 4.79 Å². The highest BCUT2D eigenvalue weighted by Gasteiger charge is 2.34. The van der Waals surface area contributed by atoms with E-state index < -0.39 is 5.91 Å². The first kappa shape index (κ1) is 14.5. The molecule has 1 aromatic rings. The van der Waals surface area contributed by atoms with Gasteiger partial charge in [0.05, 0.1) is 0 Å². The predicted molar refractivity (Wildman–Crippen MR) is 78.5 cm³/mol. The molecule has 2 amide bonds. The number of piperidine rings is 1. The van der Waals surface area contributed by atoms with Gasteiger partial charge in [-0.05, 0) is 56.6 Å². The largest absolute Gasteiger partial charge is 0.366 e. The van der Waals surface area contributed by atoms with Crippen LogP contribution in [0, 0.1) is 12.3 Å². The molecule has 5 heteroatoms. The Balaban J connectivity index is 2.13. The third-order valence-electron chi connectivity index (χ3n) is 4.01. The van der Waals surface area contributed by atoms with Crippen molar-refractivity contribution in [2.45, 2.75) is 26.7 Å². The van der Waals surface area contributed by atoms with Crippen LogP contribution in [0.2, 0.25) is 0 Å². The van der Waals surface area contributed by atoms with Gasteiger partial charge >= 0.3 is 0 Å². The first-order valence-corrected chi connectivity index (χ1v) is 6.85. The lowest BCUT2D eigenvalue weighted by Gasteiger charge is -2.32. The molecule has 20 heavy (non-hydrogen) atoms. The molecule has 1 saturated heterocycles. The number of rotatable bonds is 3. The fraction of sp³-hybridized carbons (Fsp3) is 0.467. The lowest BCUT2D eigenvalue weighted by molar-refractivity contribution is -0.126. The van der Waals surface area contributed by atoms with Crippen molar-refractivity contribution in [3.8, 4) is 0 Å². The van der Waals surface area contributed by atoms with Gasteiger partial charge in [0.1, 0.15) is 0 Å². The standard InChI is InChI=1S/C15H21N3O2/c1-10-9-11(13(16)19)3-4-12(10)18-14(20)15(2)5-7-17-8-6-15/h3-4,9,17H,5-8H2,1-2H3,(H2,16,19)(H,18,20). The first-order valence-electron chi connectivity index (χ1n) is 6.85. The van der Waals surface area contributed by atoms with E-state index in [4.69, 9.17) is 5.73 Å². The molecule has 0 saturated carbocycles. The monoisotopic (exact) mass is 275 g/mol. The van der Waals surface area contributed by atoms with Crippen molar-refractivity contribution in [2.24, 2.45) is 11.1 Å². The fourth-order valence-electron chi connectivity index (χ4n) is 2.44. The Kier molecular flexibility index (Phi) is 4.09. The van der Waals surface area contributed by atoms with Crippen molar-refractivity contribution in [3.05, 3.63) is 29.3 Å². The van der Waals surface area contributed by atoms with Gasteiger partial charge in [-0.2, -0.15) is 0 Å². The summed E-state index contributed by atoms with van der Waals surface area (Å²) in [5.41, 5.74) is 6.93. The van der Waals surface area contributed by atoms with Crippen molar-refractivity contribution < 1.29 is 9.59 Å². The van der Waals surface area contributed by atoms with Gasteiger partial charge in [-0.3, -0.25) is 9.59 Å². The van der Waals surface area contributed by atoms with Crippen molar-refractivity contribution in [3.63, 3.8) is 0 Å². The van der Waals surface area contributed by atoms with E-state index >= 15 is 0 Å². The highest BCUT2D eigenvalue weighted by atomic mass is 16.2. The quantitative estimate of drug-likeness (QED) is 0.780. The minimum absolute atomic E-state index is 0.0360. The molecule has 1 aliphatic heterocycles.